The highest BCUT2D eigenvalue weighted by atomic mass is 32.1. The lowest BCUT2D eigenvalue weighted by molar-refractivity contribution is 0.0920. The van der Waals surface area contributed by atoms with Gasteiger partial charge in [0, 0.05) is 12.6 Å². The summed E-state index contributed by atoms with van der Waals surface area (Å²) in [4.78, 5) is 31.9. The molecule has 0 fully saturated rings. The van der Waals surface area contributed by atoms with Gasteiger partial charge in [-0.1, -0.05) is 13.8 Å². The van der Waals surface area contributed by atoms with E-state index in [-0.39, 0.29) is 30.0 Å². The third-order valence-corrected chi connectivity index (χ3v) is 4.70. The zero-order valence-corrected chi connectivity index (χ0v) is 13.1. The van der Waals surface area contributed by atoms with Crippen molar-refractivity contribution in [1.29, 1.82) is 0 Å². The van der Waals surface area contributed by atoms with E-state index < -0.39 is 0 Å². The molecule has 21 heavy (non-hydrogen) atoms. The normalized spacial score (nSPS) is 12.8. The number of thiophene rings is 1. The molecule has 7 heteroatoms. The van der Waals surface area contributed by atoms with Crippen LogP contribution in [0.25, 0.3) is 10.2 Å². The highest BCUT2D eigenvalue weighted by Crippen LogP contribution is 2.26. The summed E-state index contributed by atoms with van der Waals surface area (Å²) in [6, 6.07) is -0.0987. The molecule has 2 aromatic heterocycles. The number of aliphatic hydroxyl groups excluding tert-OH is 1. The van der Waals surface area contributed by atoms with Crippen LogP contribution < -0.4 is 10.9 Å². The number of aliphatic hydroxyl groups is 1. The summed E-state index contributed by atoms with van der Waals surface area (Å²) in [7, 11) is 0. The second-order valence-electron chi connectivity index (χ2n) is 5.30. The van der Waals surface area contributed by atoms with Crippen LogP contribution in [0.2, 0.25) is 0 Å². The Morgan fingerprint density at radius 1 is 1.52 bits per heavy atom. The number of nitrogens with one attached hydrogen (secondary N) is 2. The van der Waals surface area contributed by atoms with Crippen LogP contribution in [0.5, 0.6) is 0 Å². The molecule has 1 atom stereocenters. The van der Waals surface area contributed by atoms with Crippen LogP contribution in [0.3, 0.4) is 0 Å². The van der Waals surface area contributed by atoms with Gasteiger partial charge in [0.1, 0.15) is 4.83 Å². The summed E-state index contributed by atoms with van der Waals surface area (Å²) >= 11 is 1.21. The molecule has 1 unspecified atom stereocenters. The maximum atomic E-state index is 12.4. The Morgan fingerprint density at radius 3 is 2.81 bits per heavy atom. The van der Waals surface area contributed by atoms with Crippen LogP contribution >= 0.6 is 11.3 Å². The van der Waals surface area contributed by atoms with Crippen molar-refractivity contribution in [3.8, 4) is 0 Å². The minimum Gasteiger partial charge on any atom is -0.396 e. The molecular weight excluding hydrogens is 290 g/mol. The Kier molecular flexibility index (Phi) is 4.74. The second kappa shape index (κ2) is 6.36. The van der Waals surface area contributed by atoms with Gasteiger partial charge in [0.25, 0.3) is 11.5 Å². The maximum absolute atomic E-state index is 12.4. The molecule has 0 bridgehead atoms. The van der Waals surface area contributed by atoms with Gasteiger partial charge < -0.3 is 15.4 Å². The van der Waals surface area contributed by atoms with Crippen LogP contribution in [0.1, 0.15) is 35.5 Å². The molecule has 0 radical (unpaired) electrons. The summed E-state index contributed by atoms with van der Waals surface area (Å²) in [5.74, 6) is -0.000591. The van der Waals surface area contributed by atoms with E-state index in [0.29, 0.717) is 27.1 Å². The third kappa shape index (κ3) is 3.14. The average Bonchev–Trinajstić information content (AvgIpc) is 2.77. The second-order valence-corrected chi connectivity index (χ2v) is 6.30. The number of aryl methyl sites for hydroxylation is 1. The van der Waals surface area contributed by atoms with Crippen LogP contribution in [-0.2, 0) is 0 Å². The smallest absolute Gasteiger partial charge is 0.261 e. The van der Waals surface area contributed by atoms with Crippen LogP contribution in [0.4, 0.5) is 0 Å². The fourth-order valence-electron chi connectivity index (χ4n) is 2.24. The number of H-pyrrole nitrogens is 1. The van der Waals surface area contributed by atoms with E-state index in [0.717, 1.165) is 0 Å². The van der Waals surface area contributed by atoms with Gasteiger partial charge in [0.05, 0.1) is 16.6 Å². The van der Waals surface area contributed by atoms with E-state index in [9.17, 15) is 9.59 Å². The van der Waals surface area contributed by atoms with Gasteiger partial charge >= 0.3 is 0 Å². The predicted octanol–water partition coefficient (Wildman–Crippen LogP) is 1.43. The number of aromatic nitrogens is 2. The quantitative estimate of drug-likeness (QED) is 0.778. The third-order valence-electron chi connectivity index (χ3n) is 3.50. The largest absolute Gasteiger partial charge is 0.396 e. The van der Waals surface area contributed by atoms with E-state index >= 15 is 0 Å². The SMILES string of the molecule is Cc1c(C(=O)NC(CCO)C(C)C)sc2nc[nH]c(=O)c12. The first-order chi connectivity index (χ1) is 9.95. The van der Waals surface area contributed by atoms with E-state index in [1.54, 1.807) is 6.92 Å². The van der Waals surface area contributed by atoms with Crippen molar-refractivity contribution in [3.63, 3.8) is 0 Å². The van der Waals surface area contributed by atoms with Crippen LogP contribution in [0, 0.1) is 12.8 Å². The van der Waals surface area contributed by atoms with E-state index in [4.69, 9.17) is 5.11 Å². The Hall–Kier alpha value is -1.73. The summed E-state index contributed by atoms with van der Waals surface area (Å²) in [5.41, 5.74) is 0.414. The molecule has 0 spiro atoms. The van der Waals surface area contributed by atoms with Crippen molar-refractivity contribution in [3.05, 3.63) is 27.1 Å². The van der Waals surface area contributed by atoms with E-state index in [1.165, 1.54) is 17.7 Å². The van der Waals surface area contributed by atoms with Gasteiger partial charge in [-0.05, 0) is 24.8 Å². The van der Waals surface area contributed by atoms with Crippen molar-refractivity contribution in [2.75, 3.05) is 6.61 Å². The van der Waals surface area contributed by atoms with Gasteiger partial charge in [0.15, 0.2) is 0 Å². The minimum absolute atomic E-state index is 0.0236. The molecule has 0 aromatic carbocycles. The molecule has 0 saturated heterocycles. The lowest BCUT2D eigenvalue weighted by atomic mass is 10.0. The lowest BCUT2D eigenvalue weighted by Gasteiger charge is -2.21. The van der Waals surface area contributed by atoms with Gasteiger partial charge in [-0.3, -0.25) is 9.59 Å². The van der Waals surface area contributed by atoms with Gasteiger partial charge in [-0.15, -0.1) is 11.3 Å². The maximum Gasteiger partial charge on any atom is 0.261 e. The van der Waals surface area contributed by atoms with E-state index in [1.807, 2.05) is 13.8 Å². The molecule has 2 heterocycles. The molecule has 0 aliphatic heterocycles. The van der Waals surface area contributed by atoms with Crippen molar-refractivity contribution in [2.24, 2.45) is 5.92 Å². The van der Waals surface area contributed by atoms with Gasteiger partial charge in [-0.2, -0.15) is 0 Å². The molecule has 3 N–H and O–H groups in total. The molecule has 0 saturated carbocycles. The lowest BCUT2D eigenvalue weighted by Crippen LogP contribution is -2.39. The number of carbonyl (C=O) groups excluding carboxylic acids is 1. The average molecular weight is 309 g/mol. The Morgan fingerprint density at radius 2 is 2.24 bits per heavy atom. The first-order valence-electron chi connectivity index (χ1n) is 6.84. The topological polar surface area (TPSA) is 95.1 Å². The van der Waals surface area contributed by atoms with Gasteiger partial charge in [0.2, 0.25) is 0 Å². The van der Waals surface area contributed by atoms with Crippen LogP contribution in [-0.4, -0.2) is 33.6 Å². The summed E-state index contributed by atoms with van der Waals surface area (Å²) in [6.07, 6.45) is 1.84. The van der Waals surface area contributed by atoms with Crippen molar-refractivity contribution in [2.45, 2.75) is 33.2 Å². The number of nitrogens with zero attached hydrogens (tertiary/aromatic N) is 1. The molecule has 6 nitrogen and oxygen atoms in total. The Bertz CT molecular complexity index is 705. The van der Waals surface area contributed by atoms with Crippen LogP contribution in [0.15, 0.2) is 11.1 Å². The summed E-state index contributed by atoms with van der Waals surface area (Å²) in [6.45, 7) is 5.76. The fourth-order valence-corrected chi connectivity index (χ4v) is 3.29. The first-order valence-corrected chi connectivity index (χ1v) is 7.65. The number of rotatable bonds is 5. The zero-order chi connectivity index (χ0) is 15.6. The summed E-state index contributed by atoms with van der Waals surface area (Å²) in [5, 5.41) is 12.5. The van der Waals surface area contributed by atoms with Crippen molar-refractivity contribution in [1.82, 2.24) is 15.3 Å². The highest BCUT2D eigenvalue weighted by Gasteiger charge is 2.22. The molecule has 0 aliphatic rings. The summed E-state index contributed by atoms with van der Waals surface area (Å²) < 4.78 is 0. The molecule has 2 aromatic rings. The number of hydrogen-bond acceptors (Lipinski definition) is 5. The standard InChI is InChI=1S/C14H19N3O3S/c1-7(2)9(4-5-18)17-13(20)11-8(3)10-12(19)15-6-16-14(10)21-11/h6-7,9,18H,4-5H2,1-3H3,(H,17,20)(H,15,16,19). The minimum atomic E-state index is -0.233. The number of amides is 1. The van der Waals surface area contributed by atoms with Gasteiger partial charge in [-0.25, -0.2) is 4.98 Å². The molecule has 1 amide bonds. The molecule has 114 valence electrons. The Balaban J connectivity index is 2.33. The van der Waals surface area contributed by atoms with Crippen molar-refractivity contribution < 1.29 is 9.90 Å². The number of hydrogen-bond donors (Lipinski definition) is 3. The number of fused-ring (bicyclic) bond motifs is 1. The predicted molar refractivity (Wildman–Crippen MR) is 82.8 cm³/mol. The number of aromatic amines is 1. The number of carbonyl (C=O) groups is 1. The first kappa shape index (κ1) is 15.7. The molecule has 0 aliphatic carbocycles. The highest BCUT2D eigenvalue weighted by molar-refractivity contribution is 7.20. The van der Waals surface area contributed by atoms with Crippen molar-refractivity contribution >= 4 is 27.5 Å². The van der Waals surface area contributed by atoms with E-state index in [2.05, 4.69) is 15.3 Å². The monoisotopic (exact) mass is 309 g/mol. The molecule has 2 rings (SSSR count). The fraction of sp³-hybridized carbons (Fsp3) is 0.500. The molecular formula is C14H19N3O3S. The Labute approximate surface area is 126 Å². The zero-order valence-electron chi connectivity index (χ0n) is 12.3.